The number of phenols is 1. The molecule has 0 aliphatic rings. The maximum Gasteiger partial charge on any atom is 0.121 e. The van der Waals surface area contributed by atoms with Crippen LogP contribution in [0.1, 0.15) is 66.9 Å². The van der Waals surface area contributed by atoms with Gasteiger partial charge in [-0.3, -0.25) is 0 Å². The average Bonchev–Trinajstić information content (AvgIpc) is 2.77. The minimum absolute atomic E-state index is 0.0534. The van der Waals surface area contributed by atoms with E-state index in [-0.39, 0.29) is 12.4 Å². The zero-order chi connectivity index (χ0) is 22.3. The number of aliphatic hydroxyl groups is 2. The van der Waals surface area contributed by atoms with Crippen LogP contribution in [0, 0.1) is 6.92 Å². The van der Waals surface area contributed by atoms with E-state index in [1.54, 1.807) is 12.1 Å². The van der Waals surface area contributed by atoms with E-state index in [9.17, 15) is 15.3 Å². The van der Waals surface area contributed by atoms with Crippen molar-refractivity contribution in [2.75, 3.05) is 26.3 Å². The first-order valence-electron chi connectivity index (χ1n) is 11.5. The summed E-state index contributed by atoms with van der Waals surface area (Å²) in [4.78, 5) is 0. The quantitative estimate of drug-likeness (QED) is 0.297. The number of benzene rings is 2. The van der Waals surface area contributed by atoms with Crippen LogP contribution in [0.3, 0.4) is 0 Å². The fourth-order valence-corrected chi connectivity index (χ4v) is 3.61. The Kier molecular flexibility index (Phi) is 12.2. The van der Waals surface area contributed by atoms with Gasteiger partial charge in [0.1, 0.15) is 5.75 Å². The first-order chi connectivity index (χ1) is 15.1. The Bertz CT molecular complexity index is 750. The minimum atomic E-state index is -0.648. The Morgan fingerprint density at radius 1 is 0.935 bits per heavy atom. The van der Waals surface area contributed by atoms with Crippen LogP contribution in [0.5, 0.6) is 5.75 Å². The number of ether oxygens (including phenoxy) is 1. The molecule has 0 aromatic heterocycles. The van der Waals surface area contributed by atoms with Crippen molar-refractivity contribution >= 4 is 0 Å². The molecule has 0 aliphatic carbocycles. The van der Waals surface area contributed by atoms with E-state index in [0.29, 0.717) is 17.7 Å². The van der Waals surface area contributed by atoms with Gasteiger partial charge >= 0.3 is 0 Å². The van der Waals surface area contributed by atoms with Crippen LogP contribution in [0.25, 0.3) is 0 Å². The molecule has 5 heteroatoms. The van der Waals surface area contributed by atoms with Crippen LogP contribution in [-0.2, 0) is 17.8 Å². The van der Waals surface area contributed by atoms with E-state index in [1.165, 1.54) is 23.6 Å². The van der Waals surface area contributed by atoms with Crippen molar-refractivity contribution in [2.45, 2.75) is 64.6 Å². The molecular weight excluding hydrogens is 390 g/mol. The predicted molar refractivity (Wildman–Crippen MR) is 125 cm³/mol. The molecule has 1 atom stereocenters. The lowest BCUT2D eigenvalue weighted by molar-refractivity contribution is 0.126. The topological polar surface area (TPSA) is 82.0 Å². The molecule has 0 fully saturated rings. The second-order valence-corrected chi connectivity index (χ2v) is 8.24. The summed E-state index contributed by atoms with van der Waals surface area (Å²) in [6, 6.07) is 13.6. The van der Waals surface area contributed by atoms with Gasteiger partial charge in [0.25, 0.3) is 0 Å². The zero-order valence-electron chi connectivity index (χ0n) is 18.9. The summed E-state index contributed by atoms with van der Waals surface area (Å²) in [7, 11) is 0. The molecule has 172 valence electrons. The third kappa shape index (κ3) is 10.3. The SMILES string of the molecule is Cc1cccc(CCCCOCCCCCCNCC(O)c2ccc(O)c(CO)c2)c1. The highest BCUT2D eigenvalue weighted by molar-refractivity contribution is 5.36. The maximum absolute atomic E-state index is 10.2. The molecule has 5 nitrogen and oxygen atoms in total. The number of unbranched alkanes of at least 4 members (excludes halogenated alkanes) is 4. The average molecular weight is 430 g/mol. The lowest BCUT2D eigenvalue weighted by Crippen LogP contribution is -2.22. The van der Waals surface area contributed by atoms with Crippen LogP contribution < -0.4 is 5.32 Å². The predicted octanol–water partition coefficient (Wildman–Crippen LogP) is 4.42. The Morgan fingerprint density at radius 3 is 2.48 bits per heavy atom. The molecule has 0 amide bonds. The third-order valence-electron chi connectivity index (χ3n) is 5.48. The molecule has 1 unspecified atom stereocenters. The highest BCUT2D eigenvalue weighted by Crippen LogP contribution is 2.22. The molecule has 0 saturated heterocycles. The standard InChI is InChI=1S/C26H39NO4/c1-21-9-8-11-22(17-21)10-4-7-16-31-15-6-3-2-5-14-27-19-26(30)23-12-13-25(29)24(18-23)20-28/h8-9,11-13,17-18,26-30H,2-7,10,14-16,19-20H2,1H3. The smallest absolute Gasteiger partial charge is 0.121 e. The van der Waals surface area contributed by atoms with Crippen LogP contribution >= 0.6 is 0 Å². The van der Waals surface area contributed by atoms with Crippen LogP contribution in [0.2, 0.25) is 0 Å². The zero-order valence-corrected chi connectivity index (χ0v) is 18.9. The molecule has 4 N–H and O–H groups in total. The summed E-state index contributed by atoms with van der Waals surface area (Å²) in [5, 5.41) is 32.3. The molecule has 0 aliphatic heterocycles. The highest BCUT2D eigenvalue weighted by Gasteiger charge is 2.09. The first-order valence-corrected chi connectivity index (χ1v) is 11.5. The number of hydrogen-bond acceptors (Lipinski definition) is 5. The van der Waals surface area contributed by atoms with Gasteiger partial charge in [-0.15, -0.1) is 0 Å². The van der Waals surface area contributed by atoms with Crippen LogP contribution in [-0.4, -0.2) is 41.6 Å². The van der Waals surface area contributed by atoms with Crippen molar-refractivity contribution in [2.24, 2.45) is 0 Å². The normalized spacial score (nSPS) is 12.2. The number of rotatable bonds is 16. The fraction of sp³-hybridized carbons (Fsp3) is 0.538. The van der Waals surface area contributed by atoms with Gasteiger partial charge in [0.05, 0.1) is 12.7 Å². The van der Waals surface area contributed by atoms with Gasteiger partial charge < -0.3 is 25.4 Å². The van der Waals surface area contributed by atoms with E-state index < -0.39 is 6.10 Å². The molecule has 0 radical (unpaired) electrons. The number of nitrogens with one attached hydrogen (secondary N) is 1. The van der Waals surface area contributed by atoms with Crippen molar-refractivity contribution in [3.8, 4) is 5.75 Å². The molecule has 0 spiro atoms. The van der Waals surface area contributed by atoms with Crippen molar-refractivity contribution in [1.29, 1.82) is 0 Å². The van der Waals surface area contributed by atoms with E-state index >= 15 is 0 Å². The maximum atomic E-state index is 10.2. The molecule has 2 aromatic carbocycles. The van der Waals surface area contributed by atoms with Gasteiger partial charge in [-0.25, -0.2) is 0 Å². The molecule has 2 aromatic rings. The number of aliphatic hydroxyl groups excluding tert-OH is 2. The van der Waals surface area contributed by atoms with Gasteiger partial charge in [0.15, 0.2) is 0 Å². The molecule has 31 heavy (non-hydrogen) atoms. The van der Waals surface area contributed by atoms with Gasteiger partial charge in [-0.1, -0.05) is 48.7 Å². The number of aryl methyl sites for hydroxylation is 2. The Labute approximate surface area is 187 Å². The molecule has 0 heterocycles. The van der Waals surface area contributed by atoms with Gasteiger partial charge in [0, 0.05) is 25.3 Å². The monoisotopic (exact) mass is 429 g/mol. The van der Waals surface area contributed by atoms with Crippen molar-refractivity contribution < 1.29 is 20.1 Å². The molecule has 0 bridgehead atoms. The molecule has 2 rings (SSSR count). The van der Waals surface area contributed by atoms with E-state index in [0.717, 1.165) is 58.3 Å². The summed E-state index contributed by atoms with van der Waals surface area (Å²) in [5.41, 5.74) is 3.88. The summed E-state index contributed by atoms with van der Waals surface area (Å²) >= 11 is 0. The van der Waals surface area contributed by atoms with Crippen molar-refractivity contribution in [3.05, 3.63) is 64.7 Å². The second-order valence-electron chi connectivity index (χ2n) is 8.24. The summed E-state index contributed by atoms with van der Waals surface area (Å²) < 4.78 is 5.75. The van der Waals surface area contributed by atoms with E-state index in [1.807, 2.05) is 0 Å². The van der Waals surface area contributed by atoms with Crippen LogP contribution in [0.15, 0.2) is 42.5 Å². The fourth-order valence-electron chi connectivity index (χ4n) is 3.61. The van der Waals surface area contributed by atoms with Gasteiger partial charge in [-0.2, -0.15) is 0 Å². The van der Waals surface area contributed by atoms with Gasteiger partial charge in [0.2, 0.25) is 0 Å². The van der Waals surface area contributed by atoms with Crippen molar-refractivity contribution in [3.63, 3.8) is 0 Å². The molecule has 0 saturated carbocycles. The van der Waals surface area contributed by atoms with Crippen molar-refractivity contribution in [1.82, 2.24) is 5.32 Å². The Morgan fingerprint density at radius 2 is 1.71 bits per heavy atom. The summed E-state index contributed by atoms with van der Waals surface area (Å²) in [6.45, 7) is 4.91. The first kappa shape index (κ1) is 25.3. The van der Waals surface area contributed by atoms with E-state index in [2.05, 4.69) is 36.5 Å². The van der Waals surface area contributed by atoms with Gasteiger partial charge in [-0.05, 0) is 68.8 Å². The number of aromatic hydroxyl groups is 1. The summed E-state index contributed by atoms with van der Waals surface area (Å²) in [6.07, 6.45) is 7.23. The highest BCUT2D eigenvalue weighted by atomic mass is 16.5. The Hall–Kier alpha value is -1.92. The molecular formula is C26H39NO4. The summed E-state index contributed by atoms with van der Waals surface area (Å²) in [5.74, 6) is 0.0534. The van der Waals surface area contributed by atoms with E-state index in [4.69, 9.17) is 4.74 Å². The lowest BCUT2D eigenvalue weighted by Gasteiger charge is -2.14. The van der Waals surface area contributed by atoms with Crippen LogP contribution in [0.4, 0.5) is 0 Å². The minimum Gasteiger partial charge on any atom is -0.508 e. The lowest BCUT2D eigenvalue weighted by atomic mass is 10.1. The number of hydrogen-bond donors (Lipinski definition) is 4. The largest absolute Gasteiger partial charge is 0.508 e. The third-order valence-corrected chi connectivity index (χ3v) is 5.48. The second kappa shape index (κ2) is 15.0. The Balaban J connectivity index is 1.39.